The molecule has 1 aromatic carbocycles. The van der Waals surface area contributed by atoms with Crippen LogP contribution >= 0.6 is 0 Å². The van der Waals surface area contributed by atoms with Crippen molar-refractivity contribution in [1.82, 2.24) is 0 Å². The van der Waals surface area contributed by atoms with Gasteiger partial charge in [-0.1, -0.05) is 179 Å². The van der Waals surface area contributed by atoms with Crippen molar-refractivity contribution in [2.75, 3.05) is 0 Å². The molecule has 0 aliphatic carbocycles. The summed E-state index contributed by atoms with van der Waals surface area (Å²) in [7, 11) is 0. The molecule has 1 aromatic rings. The van der Waals surface area contributed by atoms with E-state index in [9.17, 15) is 0 Å². The number of primary amides is 2. The molecule has 0 aliphatic rings. The number of amides is 2. The fourth-order valence-electron chi connectivity index (χ4n) is 5.36. The molecule has 4 nitrogen and oxygen atoms in total. The minimum absolute atomic E-state index is 0. The first-order valence-corrected chi connectivity index (χ1v) is 18.2. The van der Waals surface area contributed by atoms with Crippen LogP contribution in [-0.2, 0) is 57.6 Å². The molecule has 0 saturated heterocycles. The molecule has 0 spiro atoms. The Labute approximate surface area is 291 Å². The normalized spacial score (nSPS) is 10.1. The van der Waals surface area contributed by atoms with E-state index in [-0.39, 0.29) is 19.5 Å². The minimum atomic E-state index is -0.750. The Morgan fingerprint density at radius 3 is 0.860 bits per heavy atom. The molecule has 0 radical (unpaired) electrons. The van der Waals surface area contributed by atoms with Gasteiger partial charge in [-0.3, -0.25) is 0 Å². The maximum absolute atomic E-state index is 9.04. The second-order valence-electron chi connectivity index (χ2n) is 11.7. The first kappa shape index (κ1) is 46.6. The molecule has 7 heteroatoms. The Hall–Kier alpha value is -0.777. The number of benzene rings is 1. The summed E-state index contributed by atoms with van der Waals surface area (Å²) in [6, 6.07) is 9.30. The van der Waals surface area contributed by atoms with Crippen LogP contribution < -0.4 is 11.5 Å². The molecule has 246 valence electrons. The topological polar surface area (TPSA) is 86.2 Å². The van der Waals surface area contributed by atoms with Crippen molar-refractivity contribution in [2.45, 2.75) is 181 Å². The van der Waals surface area contributed by atoms with Crippen molar-refractivity contribution in [3.05, 3.63) is 35.4 Å². The third-order valence-corrected chi connectivity index (χ3v) is 7.72. The molecular formula is C36H66N2O2S2Zn. The molecule has 1 rings (SSSR count). The van der Waals surface area contributed by atoms with Gasteiger partial charge in [0, 0.05) is 0 Å². The number of nitrogens with two attached hydrogens (primary N) is 2. The summed E-state index contributed by atoms with van der Waals surface area (Å²) in [6.07, 6.45) is 37.2. The third kappa shape index (κ3) is 43.4. The summed E-state index contributed by atoms with van der Waals surface area (Å²) in [4.78, 5) is 18.1. The maximum atomic E-state index is 9.04. The zero-order valence-corrected chi connectivity index (χ0v) is 32.8. The number of carbonyl (C=O) groups excluding carboxylic acids is 2. The van der Waals surface area contributed by atoms with Crippen molar-refractivity contribution < 1.29 is 29.1 Å². The Kier molecular flexibility index (Phi) is 42.6. The first-order chi connectivity index (χ1) is 20.3. The summed E-state index contributed by atoms with van der Waals surface area (Å²) in [5.74, 6) is 0. The van der Waals surface area contributed by atoms with E-state index in [2.05, 4.69) is 74.8 Å². The smallest absolute Gasteiger partial charge is 0.719 e. The number of hydrogen-bond donors (Lipinski definition) is 2. The SMILES string of the molecule is CCCCCCCCCCCCCCc1ccccc1CCCCCCCCCCCCCC.NC(=O)[S-].NC(=O)[S-].[Zn+2]. The molecule has 0 fully saturated rings. The van der Waals surface area contributed by atoms with Gasteiger partial charge in [0.1, 0.15) is 0 Å². The van der Waals surface area contributed by atoms with Crippen LogP contribution in [-0.4, -0.2) is 10.5 Å². The summed E-state index contributed by atoms with van der Waals surface area (Å²) in [5.41, 5.74) is 11.8. The number of carbonyl (C=O) groups is 2. The van der Waals surface area contributed by atoms with Gasteiger partial charge >= 0.3 is 19.5 Å². The van der Waals surface area contributed by atoms with Gasteiger partial charge in [-0.05, 0) is 36.8 Å². The average Bonchev–Trinajstić information content (AvgIpc) is 2.94. The van der Waals surface area contributed by atoms with Crippen LogP contribution in [0.25, 0.3) is 0 Å². The van der Waals surface area contributed by atoms with Crippen LogP contribution in [0, 0.1) is 0 Å². The van der Waals surface area contributed by atoms with E-state index >= 15 is 0 Å². The van der Waals surface area contributed by atoms with Crippen LogP contribution in [0.3, 0.4) is 0 Å². The molecule has 2 amide bonds. The van der Waals surface area contributed by atoms with Crippen LogP contribution in [0.15, 0.2) is 24.3 Å². The van der Waals surface area contributed by atoms with Gasteiger partial charge < -0.3 is 46.3 Å². The Morgan fingerprint density at radius 2 is 0.651 bits per heavy atom. The summed E-state index contributed by atoms with van der Waals surface area (Å²) in [5, 5.41) is -1.50. The molecule has 0 atom stereocenters. The number of aryl methyl sites for hydroxylation is 2. The molecule has 4 N–H and O–H groups in total. The van der Waals surface area contributed by atoms with Gasteiger partial charge in [0.25, 0.3) is 0 Å². The third-order valence-electron chi connectivity index (χ3n) is 7.72. The van der Waals surface area contributed by atoms with Gasteiger partial charge in [-0.15, -0.1) is 0 Å². The van der Waals surface area contributed by atoms with Crippen molar-refractivity contribution in [3.8, 4) is 0 Å². The van der Waals surface area contributed by atoms with Crippen LogP contribution in [0.1, 0.15) is 179 Å². The quantitative estimate of drug-likeness (QED) is 0.0576. The minimum Gasteiger partial charge on any atom is -0.719 e. The zero-order chi connectivity index (χ0) is 31.5. The van der Waals surface area contributed by atoms with E-state index < -0.39 is 10.5 Å². The fraction of sp³-hybridized carbons (Fsp3) is 0.778. The summed E-state index contributed by atoms with van der Waals surface area (Å²) >= 11 is 7.52. The monoisotopic (exact) mass is 686 g/mol. The number of rotatable bonds is 26. The molecule has 43 heavy (non-hydrogen) atoms. The molecule has 0 heterocycles. The molecule has 0 saturated carbocycles. The number of hydrogen-bond acceptors (Lipinski definition) is 4. The largest absolute Gasteiger partial charge is 2.00 e. The first-order valence-electron chi connectivity index (χ1n) is 17.3. The predicted molar refractivity (Wildman–Crippen MR) is 190 cm³/mol. The second kappa shape index (κ2) is 39.2. The van der Waals surface area contributed by atoms with Gasteiger partial charge in [0.2, 0.25) is 0 Å². The van der Waals surface area contributed by atoms with Crippen molar-refractivity contribution in [3.63, 3.8) is 0 Å². The van der Waals surface area contributed by atoms with E-state index in [4.69, 9.17) is 9.59 Å². The molecular weight excluding hydrogens is 622 g/mol. The van der Waals surface area contributed by atoms with Gasteiger partial charge in [0.15, 0.2) is 0 Å². The van der Waals surface area contributed by atoms with Gasteiger partial charge in [0.05, 0.1) is 10.5 Å². The van der Waals surface area contributed by atoms with Crippen molar-refractivity contribution in [1.29, 1.82) is 0 Å². The van der Waals surface area contributed by atoms with E-state index in [1.54, 1.807) is 11.1 Å². The molecule has 0 unspecified atom stereocenters. The van der Waals surface area contributed by atoms with E-state index in [1.807, 2.05) is 0 Å². The Morgan fingerprint density at radius 1 is 0.465 bits per heavy atom. The van der Waals surface area contributed by atoms with Gasteiger partial charge in [-0.25, -0.2) is 0 Å². The average molecular weight is 688 g/mol. The van der Waals surface area contributed by atoms with Crippen LogP contribution in [0.4, 0.5) is 9.59 Å². The van der Waals surface area contributed by atoms with Crippen molar-refractivity contribution >= 4 is 35.7 Å². The predicted octanol–water partition coefficient (Wildman–Crippen LogP) is 11.4. The van der Waals surface area contributed by atoms with E-state index in [0.29, 0.717) is 0 Å². The second-order valence-corrected chi connectivity index (χ2v) is 12.5. The standard InChI is InChI=1S/C34H62.2CH3NOS.Zn/c1-3-5-7-9-11-13-15-17-19-21-23-25-29-33-31-27-28-32-34(33)30-26-24-22-20-18-16-14-12-10-8-6-4-2;2*2-1(3)4;/h27-28,31-32H,3-26,29-30H2,1-2H3;2*(H3,2,3,4);/q;;;+2/p-2. The molecule has 0 aromatic heterocycles. The van der Waals surface area contributed by atoms with Crippen molar-refractivity contribution in [2.24, 2.45) is 11.5 Å². The van der Waals surface area contributed by atoms with E-state index in [0.717, 1.165) is 0 Å². The maximum Gasteiger partial charge on any atom is 2.00 e. The Balaban J connectivity index is -0.00000157. The van der Waals surface area contributed by atoms with Crippen LogP contribution in [0.5, 0.6) is 0 Å². The fourth-order valence-corrected chi connectivity index (χ4v) is 5.36. The van der Waals surface area contributed by atoms with Gasteiger partial charge in [-0.2, -0.15) is 0 Å². The Bertz CT molecular complexity index is 655. The molecule has 0 aliphatic heterocycles. The summed E-state index contributed by atoms with van der Waals surface area (Å²) in [6.45, 7) is 4.61. The summed E-state index contributed by atoms with van der Waals surface area (Å²) < 4.78 is 0. The van der Waals surface area contributed by atoms with Crippen LogP contribution in [0.2, 0.25) is 0 Å². The zero-order valence-electron chi connectivity index (χ0n) is 28.2. The number of unbranched alkanes of at least 4 members (excludes halogenated alkanes) is 22. The molecule has 0 bridgehead atoms. The van der Waals surface area contributed by atoms with E-state index in [1.165, 1.54) is 167 Å².